The van der Waals surface area contributed by atoms with Gasteiger partial charge in [0.25, 0.3) is 5.91 Å². The molecule has 0 radical (unpaired) electrons. The van der Waals surface area contributed by atoms with Gasteiger partial charge in [-0.2, -0.15) is 0 Å². The van der Waals surface area contributed by atoms with Gasteiger partial charge in [0.15, 0.2) is 0 Å². The Labute approximate surface area is 155 Å². The first-order valence-corrected chi connectivity index (χ1v) is 8.89. The van der Waals surface area contributed by atoms with Crippen molar-refractivity contribution in [1.29, 1.82) is 0 Å². The van der Waals surface area contributed by atoms with Gasteiger partial charge in [-0.05, 0) is 31.2 Å². The summed E-state index contributed by atoms with van der Waals surface area (Å²) in [6.45, 7) is 2.20. The molecule has 0 aliphatic carbocycles. The van der Waals surface area contributed by atoms with Gasteiger partial charge in [-0.1, -0.05) is 18.2 Å². The first-order chi connectivity index (χ1) is 12.5. The van der Waals surface area contributed by atoms with Crippen molar-refractivity contribution in [2.75, 3.05) is 20.3 Å². The number of rotatable bonds is 8. The lowest BCUT2D eigenvalue weighted by Crippen LogP contribution is -2.28. The summed E-state index contributed by atoms with van der Waals surface area (Å²) in [6, 6.07) is 12.8. The molecular weight excluding hydrogens is 357 g/mol. The second-order valence-electron chi connectivity index (χ2n) is 5.34. The number of amides is 1. The zero-order chi connectivity index (χ0) is 18.9. The van der Waals surface area contributed by atoms with E-state index in [4.69, 9.17) is 9.47 Å². The summed E-state index contributed by atoms with van der Waals surface area (Å²) in [5, 5.41) is 2.33. The van der Waals surface area contributed by atoms with Crippen LogP contribution in [0.4, 0.5) is 4.39 Å². The number of thioether (sulfide) groups is 1. The minimum atomic E-state index is -0.426. The minimum absolute atomic E-state index is 0.211. The van der Waals surface area contributed by atoms with Crippen molar-refractivity contribution in [3.63, 3.8) is 0 Å². The molecule has 1 atom stereocenters. The Hall–Kier alpha value is -2.54. The topological polar surface area (TPSA) is 64.6 Å². The van der Waals surface area contributed by atoms with E-state index in [1.807, 2.05) is 0 Å². The quantitative estimate of drug-likeness (QED) is 0.434. The van der Waals surface area contributed by atoms with E-state index in [9.17, 15) is 14.0 Å². The number of halogens is 1. The Morgan fingerprint density at radius 2 is 1.96 bits per heavy atom. The van der Waals surface area contributed by atoms with Crippen molar-refractivity contribution in [2.24, 2.45) is 0 Å². The average molecular weight is 377 g/mol. The molecule has 0 fully saturated rings. The second kappa shape index (κ2) is 9.82. The number of benzene rings is 2. The van der Waals surface area contributed by atoms with Crippen molar-refractivity contribution in [2.45, 2.75) is 17.1 Å². The largest absolute Gasteiger partial charge is 0.492 e. The molecule has 0 aromatic heterocycles. The van der Waals surface area contributed by atoms with E-state index >= 15 is 0 Å². The van der Waals surface area contributed by atoms with Crippen LogP contribution >= 0.6 is 11.8 Å². The molecule has 2 aromatic rings. The fourth-order valence-corrected chi connectivity index (χ4v) is 3.17. The Balaban J connectivity index is 1.90. The zero-order valence-corrected chi connectivity index (χ0v) is 15.3. The molecule has 2 aromatic carbocycles. The van der Waals surface area contributed by atoms with Crippen LogP contribution < -0.4 is 10.1 Å². The third-order valence-corrected chi connectivity index (χ3v) is 4.58. The highest BCUT2D eigenvalue weighted by Gasteiger charge is 2.18. The van der Waals surface area contributed by atoms with Crippen LogP contribution in [0.1, 0.15) is 17.3 Å². The number of hydrogen-bond acceptors (Lipinski definition) is 5. The lowest BCUT2D eigenvalue weighted by Gasteiger charge is -2.13. The van der Waals surface area contributed by atoms with Crippen molar-refractivity contribution >= 4 is 23.6 Å². The highest BCUT2D eigenvalue weighted by Crippen LogP contribution is 2.27. The van der Waals surface area contributed by atoms with Crippen molar-refractivity contribution < 1.29 is 23.5 Å². The maximum Gasteiger partial charge on any atom is 0.318 e. The molecule has 0 aliphatic heterocycles. The summed E-state index contributed by atoms with van der Waals surface area (Å²) < 4.78 is 23.2. The zero-order valence-electron chi connectivity index (χ0n) is 14.5. The number of ether oxygens (including phenoxy) is 2. The van der Waals surface area contributed by atoms with E-state index in [1.165, 1.54) is 31.0 Å². The number of esters is 1. The van der Waals surface area contributed by atoms with Gasteiger partial charge < -0.3 is 14.8 Å². The van der Waals surface area contributed by atoms with E-state index in [0.29, 0.717) is 16.2 Å². The van der Waals surface area contributed by atoms with Gasteiger partial charge in [-0.25, -0.2) is 4.39 Å². The summed E-state index contributed by atoms with van der Waals surface area (Å²) in [7, 11) is 1.33. The van der Waals surface area contributed by atoms with E-state index < -0.39 is 5.25 Å². The maximum atomic E-state index is 13.1. The molecule has 5 nitrogen and oxygen atoms in total. The van der Waals surface area contributed by atoms with Gasteiger partial charge in [0.2, 0.25) is 0 Å². The van der Waals surface area contributed by atoms with Crippen LogP contribution in [-0.2, 0) is 9.53 Å². The van der Waals surface area contributed by atoms with Crippen LogP contribution in [0.5, 0.6) is 5.75 Å². The Kier molecular flexibility index (Phi) is 7.47. The predicted octanol–water partition coefficient (Wildman–Crippen LogP) is 3.29. The number of nitrogens with one attached hydrogen (secondary N) is 1. The molecule has 1 amide bonds. The van der Waals surface area contributed by atoms with Gasteiger partial charge >= 0.3 is 5.97 Å². The molecule has 0 saturated carbocycles. The fraction of sp³-hybridized carbons (Fsp3) is 0.263. The van der Waals surface area contributed by atoms with Gasteiger partial charge in [-0.15, -0.1) is 11.8 Å². The molecule has 1 N–H and O–H groups in total. The molecule has 1 unspecified atom stereocenters. The van der Waals surface area contributed by atoms with Crippen molar-refractivity contribution in [3.8, 4) is 5.75 Å². The van der Waals surface area contributed by atoms with Gasteiger partial charge in [0.1, 0.15) is 23.4 Å². The Morgan fingerprint density at radius 1 is 1.19 bits per heavy atom. The Bertz CT molecular complexity index is 769. The van der Waals surface area contributed by atoms with E-state index in [1.54, 1.807) is 43.3 Å². The van der Waals surface area contributed by atoms with Crippen LogP contribution in [0.25, 0.3) is 0 Å². The van der Waals surface area contributed by atoms with Crippen molar-refractivity contribution in [1.82, 2.24) is 5.32 Å². The maximum absolute atomic E-state index is 13.1. The molecule has 7 heteroatoms. The lowest BCUT2D eigenvalue weighted by atomic mass is 10.2. The predicted molar refractivity (Wildman–Crippen MR) is 98.0 cm³/mol. The van der Waals surface area contributed by atoms with Crippen LogP contribution in [0, 0.1) is 5.82 Å². The molecule has 0 heterocycles. The molecule has 0 aliphatic rings. The van der Waals surface area contributed by atoms with Crippen molar-refractivity contribution in [3.05, 3.63) is 59.9 Å². The third kappa shape index (κ3) is 5.77. The first kappa shape index (κ1) is 19.8. The van der Waals surface area contributed by atoms with Gasteiger partial charge in [0.05, 0.1) is 19.2 Å². The lowest BCUT2D eigenvalue weighted by molar-refractivity contribution is -0.139. The van der Waals surface area contributed by atoms with Crippen LogP contribution in [0.2, 0.25) is 0 Å². The summed E-state index contributed by atoms with van der Waals surface area (Å²) in [5.41, 5.74) is 0.471. The summed E-state index contributed by atoms with van der Waals surface area (Å²) in [6.07, 6.45) is 0. The smallest absolute Gasteiger partial charge is 0.318 e. The normalized spacial score (nSPS) is 11.5. The SMILES string of the molecule is COC(=O)C(C)Sc1ccccc1C(=O)NCCOc1cccc(F)c1. The molecular formula is C19H20FNO4S. The first-order valence-electron chi connectivity index (χ1n) is 8.01. The molecule has 138 valence electrons. The average Bonchev–Trinajstić information content (AvgIpc) is 2.64. The fourth-order valence-electron chi connectivity index (χ4n) is 2.15. The summed E-state index contributed by atoms with van der Waals surface area (Å²) in [5.74, 6) is -0.596. The molecule has 26 heavy (non-hydrogen) atoms. The number of hydrogen-bond donors (Lipinski definition) is 1. The number of methoxy groups -OCH3 is 1. The van der Waals surface area contributed by atoms with Gasteiger partial charge in [-0.3, -0.25) is 9.59 Å². The monoisotopic (exact) mass is 377 g/mol. The Morgan fingerprint density at radius 3 is 2.69 bits per heavy atom. The van der Waals surface area contributed by atoms with E-state index in [0.717, 1.165) is 0 Å². The standard InChI is InChI=1S/C19H20FNO4S/c1-13(19(23)24-2)26-17-9-4-3-8-16(17)18(22)21-10-11-25-15-7-5-6-14(20)12-15/h3-9,12-13H,10-11H2,1-2H3,(H,21,22). The third-order valence-electron chi connectivity index (χ3n) is 3.42. The van der Waals surface area contributed by atoms with E-state index in [2.05, 4.69) is 5.32 Å². The van der Waals surface area contributed by atoms with Crippen LogP contribution in [0.15, 0.2) is 53.4 Å². The van der Waals surface area contributed by atoms with Gasteiger partial charge in [0, 0.05) is 11.0 Å². The highest BCUT2D eigenvalue weighted by molar-refractivity contribution is 8.00. The molecule has 0 saturated heterocycles. The van der Waals surface area contributed by atoms with Crippen LogP contribution in [-0.4, -0.2) is 37.4 Å². The molecule has 0 bridgehead atoms. The minimum Gasteiger partial charge on any atom is -0.492 e. The van der Waals surface area contributed by atoms with E-state index in [-0.39, 0.29) is 30.8 Å². The summed E-state index contributed by atoms with van der Waals surface area (Å²) in [4.78, 5) is 24.7. The summed E-state index contributed by atoms with van der Waals surface area (Å²) >= 11 is 1.26. The highest BCUT2D eigenvalue weighted by atomic mass is 32.2. The number of carbonyl (C=O) groups excluding carboxylic acids is 2. The molecule has 2 rings (SSSR count). The molecule has 0 spiro atoms. The van der Waals surface area contributed by atoms with Crippen LogP contribution in [0.3, 0.4) is 0 Å². The number of carbonyl (C=O) groups is 2. The second-order valence-corrected chi connectivity index (χ2v) is 6.72.